The zero-order chi connectivity index (χ0) is 21.2. The van der Waals surface area contributed by atoms with E-state index in [1.54, 1.807) is 6.33 Å². The van der Waals surface area contributed by atoms with Crippen molar-refractivity contribution < 1.29 is 9.53 Å². The monoisotopic (exact) mass is 441 g/mol. The number of rotatable bonds is 6. The van der Waals surface area contributed by atoms with Crippen LogP contribution < -0.4 is 10.2 Å². The van der Waals surface area contributed by atoms with Gasteiger partial charge in [0.1, 0.15) is 0 Å². The van der Waals surface area contributed by atoms with Gasteiger partial charge in [0.05, 0.1) is 19.5 Å². The molecule has 31 heavy (non-hydrogen) atoms. The lowest BCUT2D eigenvalue weighted by molar-refractivity contribution is -0.127. The summed E-state index contributed by atoms with van der Waals surface area (Å²) in [5.74, 6) is 0.769. The lowest BCUT2D eigenvalue weighted by Gasteiger charge is -2.28. The van der Waals surface area contributed by atoms with Crippen molar-refractivity contribution in [3.05, 3.63) is 35.9 Å². The quantitative estimate of drug-likeness (QED) is 0.588. The van der Waals surface area contributed by atoms with Crippen LogP contribution in [0.15, 0.2) is 30.6 Å². The number of carbonyl (C=O) groups excluding carboxylic acids is 1. The average molecular weight is 442 g/mol. The van der Waals surface area contributed by atoms with Gasteiger partial charge in [0, 0.05) is 50.5 Å². The van der Waals surface area contributed by atoms with E-state index in [2.05, 4.69) is 37.3 Å². The molecule has 1 aromatic carbocycles. The van der Waals surface area contributed by atoms with Gasteiger partial charge in [0.15, 0.2) is 17.0 Å². The second kappa shape index (κ2) is 8.68. The molecule has 162 valence electrons. The van der Waals surface area contributed by atoms with Gasteiger partial charge in [-0.15, -0.1) is 0 Å². The van der Waals surface area contributed by atoms with E-state index >= 15 is 0 Å². The minimum atomic E-state index is 0.152. The number of aromatic nitrogens is 4. The van der Waals surface area contributed by atoms with Crippen LogP contribution in [0, 0.1) is 0 Å². The van der Waals surface area contributed by atoms with Crippen molar-refractivity contribution in [1.29, 1.82) is 0 Å². The van der Waals surface area contributed by atoms with Crippen LogP contribution in [-0.4, -0.2) is 69.7 Å². The number of nitrogens with zero attached hydrogens (tertiary/aromatic N) is 6. The Morgan fingerprint density at radius 2 is 1.87 bits per heavy atom. The third-order valence-corrected chi connectivity index (χ3v) is 5.89. The summed E-state index contributed by atoms with van der Waals surface area (Å²) in [4.78, 5) is 29.3. The van der Waals surface area contributed by atoms with Crippen LogP contribution in [0.1, 0.15) is 12.8 Å². The summed E-state index contributed by atoms with van der Waals surface area (Å²) in [5, 5.41) is 3.47. The highest BCUT2D eigenvalue weighted by atomic mass is 35.5. The number of ether oxygens (including phenoxy) is 1. The van der Waals surface area contributed by atoms with Gasteiger partial charge >= 0.3 is 0 Å². The van der Waals surface area contributed by atoms with Gasteiger partial charge in [0.25, 0.3) is 0 Å². The molecule has 3 aromatic rings. The normalized spacial score (nSPS) is 17.0. The Labute approximate surface area is 185 Å². The van der Waals surface area contributed by atoms with Gasteiger partial charge in [-0.25, -0.2) is 4.98 Å². The van der Waals surface area contributed by atoms with Crippen LogP contribution in [0.5, 0.6) is 0 Å². The fourth-order valence-electron chi connectivity index (χ4n) is 4.05. The Balaban J connectivity index is 1.33. The maximum Gasteiger partial charge on any atom is 0.226 e. The number of halogens is 1. The second-order valence-corrected chi connectivity index (χ2v) is 8.05. The smallest absolute Gasteiger partial charge is 0.226 e. The lowest BCUT2D eigenvalue weighted by Crippen LogP contribution is -2.36. The third-order valence-electron chi connectivity index (χ3n) is 5.73. The fourth-order valence-corrected chi connectivity index (χ4v) is 4.22. The fraction of sp³-hybridized carbons (Fsp3) is 0.429. The average Bonchev–Trinajstić information content (AvgIpc) is 3.39. The van der Waals surface area contributed by atoms with Crippen molar-refractivity contribution in [3.63, 3.8) is 0 Å². The number of hydrogen-bond acceptors (Lipinski definition) is 7. The van der Waals surface area contributed by atoms with Crippen molar-refractivity contribution in [2.75, 3.05) is 49.6 Å². The van der Waals surface area contributed by atoms with Crippen molar-refractivity contribution in [2.45, 2.75) is 19.4 Å². The molecule has 1 N–H and O–H groups in total. The number of benzene rings is 1. The first-order chi connectivity index (χ1) is 15.2. The standard InChI is InChI=1S/C21H24ClN7O2/c22-21-25-19(24-15-3-5-16(6-4-15)27-10-12-31-13-11-27)18-20(26-21)29(14-23-18)9-8-28-7-1-2-17(28)30/h3-6,14H,1-2,7-13H2,(H,24,25,26). The maximum atomic E-state index is 11.9. The van der Waals surface area contributed by atoms with E-state index in [9.17, 15) is 4.79 Å². The van der Waals surface area contributed by atoms with E-state index in [1.165, 1.54) is 5.69 Å². The molecule has 5 rings (SSSR count). The minimum Gasteiger partial charge on any atom is -0.378 e. The molecule has 2 aliphatic rings. The van der Waals surface area contributed by atoms with Crippen LogP contribution in [-0.2, 0) is 16.1 Å². The van der Waals surface area contributed by atoms with E-state index in [4.69, 9.17) is 16.3 Å². The van der Waals surface area contributed by atoms with Gasteiger partial charge in [-0.3, -0.25) is 4.79 Å². The van der Waals surface area contributed by atoms with E-state index < -0.39 is 0 Å². The molecule has 4 heterocycles. The summed E-state index contributed by atoms with van der Waals surface area (Å²) in [6.07, 6.45) is 3.29. The van der Waals surface area contributed by atoms with Crippen molar-refractivity contribution >= 4 is 45.9 Å². The van der Waals surface area contributed by atoms with Crippen LogP contribution in [0.2, 0.25) is 5.28 Å². The largest absolute Gasteiger partial charge is 0.378 e. The van der Waals surface area contributed by atoms with Gasteiger partial charge in [-0.1, -0.05) is 0 Å². The first-order valence-electron chi connectivity index (χ1n) is 10.5. The zero-order valence-electron chi connectivity index (χ0n) is 17.1. The summed E-state index contributed by atoms with van der Waals surface area (Å²) in [6, 6.07) is 8.20. The van der Waals surface area contributed by atoms with Gasteiger partial charge in [0.2, 0.25) is 11.2 Å². The van der Waals surface area contributed by atoms with Gasteiger partial charge in [-0.2, -0.15) is 9.97 Å². The van der Waals surface area contributed by atoms with E-state index in [0.717, 1.165) is 45.0 Å². The Kier molecular flexibility index (Phi) is 5.61. The molecule has 0 bridgehead atoms. The Hall–Kier alpha value is -2.91. The number of nitrogens with one attached hydrogen (secondary N) is 1. The Bertz CT molecular complexity index is 1080. The van der Waals surface area contributed by atoms with E-state index in [-0.39, 0.29) is 11.2 Å². The highest BCUT2D eigenvalue weighted by molar-refractivity contribution is 6.28. The zero-order valence-corrected chi connectivity index (χ0v) is 17.9. The molecule has 10 heteroatoms. The molecule has 2 aliphatic heterocycles. The SMILES string of the molecule is O=C1CCCN1CCn1cnc2c(Nc3ccc(N4CCOCC4)cc3)nc(Cl)nc21. The molecule has 2 aromatic heterocycles. The van der Waals surface area contributed by atoms with Crippen molar-refractivity contribution in [3.8, 4) is 0 Å². The first-order valence-corrected chi connectivity index (χ1v) is 10.9. The molecule has 2 saturated heterocycles. The van der Waals surface area contributed by atoms with E-state index in [1.807, 2.05) is 21.6 Å². The number of amides is 1. The summed E-state index contributed by atoms with van der Waals surface area (Å²) in [7, 11) is 0. The molecule has 0 saturated carbocycles. The molecular weight excluding hydrogens is 418 g/mol. The molecule has 2 fully saturated rings. The number of anilines is 3. The predicted octanol–water partition coefficient (Wildman–Crippen LogP) is 2.68. The molecular formula is C21H24ClN7O2. The van der Waals surface area contributed by atoms with Gasteiger partial charge < -0.3 is 24.4 Å². The molecule has 0 unspecified atom stereocenters. The number of likely N-dealkylation sites (tertiary alicyclic amines) is 1. The number of fused-ring (bicyclic) bond motifs is 1. The lowest BCUT2D eigenvalue weighted by atomic mass is 10.2. The Morgan fingerprint density at radius 1 is 1.06 bits per heavy atom. The molecule has 0 aliphatic carbocycles. The highest BCUT2D eigenvalue weighted by Crippen LogP contribution is 2.26. The van der Waals surface area contributed by atoms with Crippen LogP contribution in [0.25, 0.3) is 11.2 Å². The van der Waals surface area contributed by atoms with Crippen LogP contribution >= 0.6 is 11.6 Å². The predicted molar refractivity (Wildman–Crippen MR) is 119 cm³/mol. The topological polar surface area (TPSA) is 88.4 Å². The number of morpholine rings is 1. The Morgan fingerprint density at radius 3 is 2.61 bits per heavy atom. The summed E-state index contributed by atoms with van der Waals surface area (Å²) < 4.78 is 7.34. The molecule has 9 nitrogen and oxygen atoms in total. The maximum absolute atomic E-state index is 11.9. The van der Waals surface area contributed by atoms with Crippen molar-refractivity contribution in [1.82, 2.24) is 24.4 Å². The third kappa shape index (κ3) is 4.28. The summed E-state index contributed by atoms with van der Waals surface area (Å²) >= 11 is 6.21. The summed E-state index contributed by atoms with van der Waals surface area (Å²) in [5.41, 5.74) is 3.36. The number of imidazole rings is 1. The first kappa shape index (κ1) is 20.0. The van der Waals surface area contributed by atoms with E-state index in [0.29, 0.717) is 36.5 Å². The molecule has 0 atom stereocenters. The summed E-state index contributed by atoms with van der Waals surface area (Å²) in [6.45, 7) is 5.37. The molecule has 0 radical (unpaired) electrons. The minimum absolute atomic E-state index is 0.152. The number of carbonyl (C=O) groups is 1. The van der Waals surface area contributed by atoms with Gasteiger partial charge in [-0.05, 0) is 42.3 Å². The number of hydrogen-bond donors (Lipinski definition) is 1. The second-order valence-electron chi connectivity index (χ2n) is 7.71. The molecule has 1 amide bonds. The molecule has 0 spiro atoms. The highest BCUT2D eigenvalue weighted by Gasteiger charge is 2.20. The van der Waals surface area contributed by atoms with Crippen molar-refractivity contribution in [2.24, 2.45) is 0 Å². The van der Waals surface area contributed by atoms with Crippen LogP contribution in [0.3, 0.4) is 0 Å². The van der Waals surface area contributed by atoms with Crippen LogP contribution in [0.4, 0.5) is 17.2 Å².